The Morgan fingerprint density at radius 2 is 2.10 bits per heavy atom. The van der Waals surface area contributed by atoms with Crippen molar-refractivity contribution >= 4 is 22.4 Å². The van der Waals surface area contributed by atoms with Gasteiger partial charge in [0.1, 0.15) is 10.4 Å². The quantitative estimate of drug-likeness (QED) is 0.813. The number of anilines is 1. The molecule has 6 heteroatoms. The summed E-state index contributed by atoms with van der Waals surface area (Å²) in [6.07, 6.45) is 8.66. The van der Waals surface area contributed by atoms with E-state index in [0.29, 0.717) is 18.0 Å². The van der Waals surface area contributed by atoms with E-state index < -0.39 is 5.41 Å². The van der Waals surface area contributed by atoms with Crippen LogP contribution < -0.4 is 5.32 Å². The van der Waals surface area contributed by atoms with Crippen LogP contribution in [0.4, 0.5) is 5.13 Å². The molecule has 0 saturated heterocycles. The van der Waals surface area contributed by atoms with Gasteiger partial charge >= 0.3 is 0 Å². The van der Waals surface area contributed by atoms with Crippen LogP contribution in [0.15, 0.2) is 0 Å². The lowest BCUT2D eigenvalue weighted by Crippen LogP contribution is -2.36. The number of nitrogens with one attached hydrogen (secondary N) is 1. The number of carbonyl (C=O) groups excluding carboxylic acids is 1. The fourth-order valence-corrected chi connectivity index (χ4v) is 3.47. The highest BCUT2D eigenvalue weighted by Gasteiger charge is 2.40. The number of hydrogen-bond acceptors (Lipinski definition) is 5. The highest BCUT2D eigenvalue weighted by atomic mass is 32.1. The van der Waals surface area contributed by atoms with E-state index in [1.807, 2.05) is 0 Å². The van der Waals surface area contributed by atoms with Crippen molar-refractivity contribution in [1.82, 2.24) is 10.2 Å². The van der Waals surface area contributed by atoms with Crippen LogP contribution in [-0.4, -0.2) is 16.1 Å². The van der Waals surface area contributed by atoms with E-state index in [9.17, 15) is 10.1 Å². The maximum atomic E-state index is 12.4. The Hall–Kier alpha value is -1.48. The highest BCUT2D eigenvalue weighted by molar-refractivity contribution is 7.15. The molecule has 1 amide bonds. The first kappa shape index (κ1) is 15.9. The zero-order valence-corrected chi connectivity index (χ0v) is 13.3. The molecule has 0 unspecified atom stereocenters. The van der Waals surface area contributed by atoms with E-state index >= 15 is 0 Å². The summed E-state index contributed by atoms with van der Waals surface area (Å²) in [6.45, 7) is 2.16. The molecule has 0 atom stereocenters. The molecule has 1 aliphatic carbocycles. The molecule has 0 aliphatic heterocycles. The first-order chi connectivity index (χ1) is 10.2. The van der Waals surface area contributed by atoms with Crippen LogP contribution in [0.25, 0.3) is 0 Å². The van der Waals surface area contributed by atoms with E-state index in [1.54, 1.807) is 0 Å². The predicted molar refractivity (Wildman–Crippen MR) is 82.9 cm³/mol. The molecule has 0 spiro atoms. The van der Waals surface area contributed by atoms with E-state index in [4.69, 9.17) is 0 Å². The minimum absolute atomic E-state index is 0.207. The Morgan fingerprint density at radius 3 is 2.76 bits per heavy atom. The fraction of sp³-hybridized carbons (Fsp3) is 0.733. The molecule has 1 fully saturated rings. The normalized spacial score (nSPS) is 17.1. The molecular formula is C15H22N4OS. The zero-order valence-electron chi connectivity index (χ0n) is 12.5. The maximum absolute atomic E-state index is 12.4. The van der Waals surface area contributed by atoms with E-state index in [-0.39, 0.29) is 5.91 Å². The molecule has 1 aromatic heterocycles. The summed E-state index contributed by atoms with van der Waals surface area (Å²) in [4.78, 5) is 12.4. The van der Waals surface area contributed by atoms with Gasteiger partial charge in [-0.15, -0.1) is 10.2 Å². The van der Waals surface area contributed by atoms with Gasteiger partial charge in [-0.3, -0.25) is 10.1 Å². The lowest BCUT2D eigenvalue weighted by molar-refractivity contribution is -0.124. The molecule has 1 N–H and O–H groups in total. The number of aryl methyl sites for hydroxylation is 1. The Bertz CT molecular complexity index is 514. The van der Waals surface area contributed by atoms with Gasteiger partial charge in [0.05, 0.1) is 6.07 Å². The standard InChI is InChI=1S/C15H22N4OS/c1-2-3-5-8-12-18-19-14(21-12)17-13(20)15(11-16)9-6-4-7-10-15/h2-10H2,1H3,(H,17,19,20). The minimum Gasteiger partial charge on any atom is -0.299 e. The van der Waals surface area contributed by atoms with E-state index in [2.05, 4.69) is 28.5 Å². The molecule has 1 aliphatic rings. The smallest absolute Gasteiger partial charge is 0.246 e. The molecule has 0 bridgehead atoms. The number of hydrogen-bond donors (Lipinski definition) is 1. The zero-order chi connectivity index (χ0) is 15.1. The fourth-order valence-electron chi connectivity index (χ4n) is 2.69. The van der Waals surface area contributed by atoms with Gasteiger partial charge < -0.3 is 0 Å². The van der Waals surface area contributed by atoms with Crippen molar-refractivity contribution in [3.8, 4) is 6.07 Å². The summed E-state index contributed by atoms with van der Waals surface area (Å²) in [6, 6.07) is 2.23. The monoisotopic (exact) mass is 306 g/mol. The molecule has 1 aromatic rings. The number of unbranched alkanes of at least 4 members (excludes halogenated alkanes) is 2. The molecule has 2 rings (SSSR count). The third kappa shape index (κ3) is 4.01. The number of nitriles is 1. The van der Waals surface area contributed by atoms with E-state index in [1.165, 1.54) is 24.2 Å². The molecule has 1 saturated carbocycles. The summed E-state index contributed by atoms with van der Waals surface area (Å²) in [5, 5.41) is 21.8. The molecule has 21 heavy (non-hydrogen) atoms. The second kappa shape index (κ2) is 7.51. The highest BCUT2D eigenvalue weighted by Crippen LogP contribution is 2.37. The van der Waals surface area contributed by atoms with Crippen LogP contribution in [-0.2, 0) is 11.2 Å². The average Bonchev–Trinajstić information content (AvgIpc) is 2.95. The van der Waals surface area contributed by atoms with E-state index in [0.717, 1.165) is 37.1 Å². The second-order valence-electron chi connectivity index (χ2n) is 5.67. The predicted octanol–water partition coefficient (Wildman–Crippen LogP) is 3.68. The van der Waals surface area contributed by atoms with Crippen LogP contribution in [0.3, 0.4) is 0 Å². The number of aromatic nitrogens is 2. The van der Waals surface area contributed by atoms with Gasteiger partial charge in [0, 0.05) is 6.42 Å². The van der Waals surface area contributed by atoms with Gasteiger partial charge in [-0.2, -0.15) is 5.26 Å². The third-order valence-electron chi connectivity index (χ3n) is 4.04. The van der Waals surface area contributed by atoms with Crippen molar-refractivity contribution in [3.63, 3.8) is 0 Å². The Kier molecular flexibility index (Phi) is 5.68. The van der Waals surface area contributed by atoms with Crippen molar-refractivity contribution in [3.05, 3.63) is 5.01 Å². The Morgan fingerprint density at radius 1 is 1.33 bits per heavy atom. The first-order valence-electron chi connectivity index (χ1n) is 7.75. The van der Waals surface area contributed by atoms with Crippen molar-refractivity contribution in [2.45, 2.75) is 64.7 Å². The van der Waals surface area contributed by atoms with Crippen LogP contribution >= 0.6 is 11.3 Å². The SMILES string of the molecule is CCCCCc1nnc(NC(=O)C2(C#N)CCCCC2)s1. The van der Waals surface area contributed by atoms with Crippen molar-refractivity contribution in [1.29, 1.82) is 5.26 Å². The van der Waals surface area contributed by atoms with Crippen molar-refractivity contribution < 1.29 is 4.79 Å². The third-order valence-corrected chi connectivity index (χ3v) is 4.94. The summed E-state index contributed by atoms with van der Waals surface area (Å²) in [7, 11) is 0. The molecule has 0 radical (unpaired) electrons. The van der Waals surface area contributed by atoms with Crippen LogP contribution in [0, 0.1) is 16.7 Å². The van der Waals surface area contributed by atoms with Crippen molar-refractivity contribution in [2.24, 2.45) is 5.41 Å². The molecular weight excluding hydrogens is 284 g/mol. The lowest BCUT2D eigenvalue weighted by Gasteiger charge is -2.28. The topological polar surface area (TPSA) is 78.7 Å². The molecule has 5 nitrogen and oxygen atoms in total. The number of carbonyl (C=O) groups is 1. The van der Waals surface area contributed by atoms with Gasteiger partial charge in [0.25, 0.3) is 0 Å². The van der Waals surface area contributed by atoms with Gasteiger partial charge in [0.15, 0.2) is 0 Å². The summed E-state index contributed by atoms with van der Waals surface area (Å²) < 4.78 is 0. The Balaban J connectivity index is 1.94. The number of nitrogens with zero attached hydrogens (tertiary/aromatic N) is 3. The van der Waals surface area contributed by atoms with Gasteiger partial charge in [-0.05, 0) is 19.3 Å². The maximum Gasteiger partial charge on any atom is 0.246 e. The molecule has 1 heterocycles. The average molecular weight is 306 g/mol. The number of amides is 1. The largest absolute Gasteiger partial charge is 0.299 e. The minimum atomic E-state index is -0.869. The molecule has 114 valence electrons. The van der Waals surface area contributed by atoms with Crippen molar-refractivity contribution in [2.75, 3.05) is 5.32 Å². The first-order valence-corrected chi connectivity index (χ1v) is 8.57. The lowest BCUT2D eigenvalue weighted by atomic mass is 9.74. The summed E-state index contributed by atoms with van der Waals surface area (Å²) in [5.41, 5.74) is -0.869. The van der Waals surface area contributed by atoms with Crippen LogP contribution in [0.1, 0.15) is 63.3 Å². The second-order valence-corrected chi connectivity index (χ2v) is 6.73. The Labute approximate surface area is 129 Å². The summed E-state index contributed by atoms with van der Waals surface area (Å²) in [5.74, 6) is -0.207. The van der Waals surface area contributed by atoms with Gasteiger partial charge in [0.2, 0.25) is 11.0 Å². The summed E-state index contributed by atoms with van der Waals surface area (Å²) >= 11 is 1.42. The number of rotatable bonds is 6. The van der Waals surface area contributed by atoms with Gasteiger partial charge in [-0.25, -0.2) is 0 Å². The van der Waals surface area contributed by atoms with Crippen LogP contribution in [0.5, 0.6) is 0 Å². The van der Waals surface area contributed by atoms with Gasteiger partial charge in [-0.1, -0.05) is 50.4 Å². The van der Waals surface area contributed by atoms with Crippen LogP contribution in [0.2, 0.25) is 0 Å². The molecule has 0 aromatic carbocycles.